The number of fused-ring (bicyclic) bond motifs is 2. The summed E-state index contributed by atoms with van der Waals surface area (Å²) in [6.07, 6.45) is 3.07. The van der Waals surface area contributed by atoms with Gasteiger partial charge in [0.25, 0.3) is 21.7 Å². The molecule has 0 bridgehead atoms. The van der Waals surface area contributed by atoms with E-state index in [2.05, 4.69) is 24.8 Å². The number of hydrogen-bond acceptors (Lipinski definition) is 7. The number of oxazole rings is 1. The van der Waals surface area contributed by atoms with E-state index in [0.29, 0.717) is 5.52 Å². The van der Waals surface area contributed by atoms with E-state index >= 15 is 0 Å². The molecule has 4 aromatic rings. The summed E-state index contributed by atoms with van der Waals surface area (Å²) in [5.41, 5.74) is 0.355. The zero-order valence-corrected chi connectivity index (χ0v) is 13.2. The molecule has 2 N–H and O–H groups in total. The highest BCUT2D eigenvalue weighted by molar-refractivity contribution is 7.92. The van der Waals surface area contributed by atoms with Crippen LogP contribution in [0.1, 0.15) is 0 Å². The lowest BCUT2D eigenvalue weighted by atomic mass is 10.3. The number of aromatic nitrogens is 5. The number of benzene rings is 1. The molecule has 4 rings (SSSR count). The third kappa shape index (κ3) is 2.39. The van der Waals surface area contributed by atoms with Crippen LogP contribution in [0.15, 0.2) is 44.7 Å². The van der Waals surface area contributed by atoms with Gasteiger partial charge in [0.05, 0.1) is 10.5 Å². The molecule has 24 heavy (non-hydrogen) atoms. The number of nitrogens with zero attached hydrogens (tertiary/aromatic N) is 4. The van der Waals surface area contributed by atoms with Gasteiger partial charge in [0.1, 0.15) is 4.90 Å². The number of H-pyrrole nitrogens is 1. The molecule has 3 heterocycles. The van der Waals surface area contributed by atoms with E-state index in [9.17, 15) is 13.2 Å². The summed E-state index contributed by atoms with van der Waals surface area (Å²) in [7, 11) is -4.10. The SMILES string of the molecule is O=c1[nH]c2cc(Cl)c(S(=O)(=O)Nc3nc4ncccn4n3)cc2o1. The fourth-order valence-electron chi connectivity index (χ4n) is 2.11. The third-order valence-electron chi connectivity index (χ3n) is 3.11. The van der Waals surface area contributed by atoms with Crippen LogP contribution < -0.4 is 10.5 Å². The second kappa shape index (κ2) is 5.04. The summed E-state index contributed by atoms with van der Waals surface area (Å²) >= 11 is 6.00. The van der Waals surface area contributed by atoms with Gasteiger partial charge in [-0.1, -0.05) is 11.6 Å². The summed E-state index contributed by atoms with van der Waals surface area (Å²) in [5, 5.41) is 3.86. The van der Waals surface area contributed by atoms with Crippen molar-refractivity contribution in [2.45, 2.75) is 4.90 Å². The molecule has 122 valence electrons. The quantitative estimate of drug-likeness (QED) is 0.552. The molecule has 0 saturated heterocycles. The Morgan fingerprint density at radius 2 is 2.17 bits per heavy atom. The Kier molecular flexibility index (Phi) is 3.08. The Morgan fingerprint density at radius 3 is 2.96 bits per heavy atom. The van der Waals surface area contributed by atoms with Crippen molar-refractivity contribution in [3.05, 3.63) is 46.2 Å². The van der Waals surface area contributed by atoms with Gasteiger partial charge in [-0.3, -0.25) is 4.98 Å². The average Bonchev–Trinajstić information content (AvgIpc) is 3.06. The van der Waals surface area contributed by atoms with E-state index in [-0.39, 0.29) is 27.2 Å². The normalized spacial score (nSPS) is 12.0. The molecule has 12 heteroatoms. The number of halogens is 1. The van der Waals surface area contributed by atoms with Crippen LogP contribution in [0.3, 0.4) is 0 Å². The molecule has 0 spiro atoms. The maximum Gasteiger partial charge on any atom is 0.417 e. The predicted molar refractivity (Wildman–Crippen MR) is 83.4 cm³/mol. The number of nitrogens with one attached hydrogen (secondary N) is 2. The second-order valence-electron chi connectivity index (χ2n) is 4.70. The topological polar surface area (TPSA) is 135 Å². The first-order valence-corrected chi connectivity index (χ1v) is 8.31. The summed E-state index contributed by atoms with van der Waals surface area (Å²) in [4.78, 5) is 21.2. The fraction of sp³-hybridized carbons (Fsp3) is 0. The zero-order chi connectivity index (χ0) is 16.9. The van der Waals surface area contributed by atoms with Gasteiger partial charge < -0.3 is 4.42 Å². The molecule has 0 fully saturated rings. The van der Waals surface area contributed by atoms with E-state index in [1.807, 2.05) is 0 Å². The van der Waals surface area contributed by atoms with Crippen molar-refractivity contribution in [1.82, 2.24) is 24.6 Å². The maximum atomic E-state index is 12.5. The van der Waals surface area contributed by atoms with Gasteiger partial charge in [-0.05, 0) is 12.1 Å². The van der Waals surface area contributed by atoms with Crippen molar-refractivity contribution in [2.75, 3.05) is 4.72 Å². The first-order chi connectivity index (χ1) is 11.4. The molecule has 3 aromatic heterocycles. The fourth-order valence-corrected chi connectivity index (χ4v) is 3.59. The molecular formula is C12H7ClN6O4S. The van der Waals surface area contributed by atoms with Crippen LogP contribution in [-0.4, -0.2) is 33.0 Å². The highest BCUT2D eigenvalue weighted by atomic mass is 35.5. The molecule has 0 aliphatic carbocycles. The number of sulfonamides is 1. The van der Waals surface area contributed by atoms with E-state index in [4.69, 9.17) is 16.0 Å². The molecule has 0 atom stereocenters. The van der Waals surface area contributed by atoms with E-state index in [0.717, 1.165) is 6.07 Å². The molecule has 0 unspecified atom stereocenters. The summed E-state index contributed by atoms with van der Waals surface area (Å²) in [6, 6.07) is 4.06. The number of hydrogen-bond donors (Lipinski definition) is 2. The zero-order valence-electron chi connectivity index (χ0n) is 11.6. The van der Waals surface area contributed by atoms with Crippen molar-refractivity contribution in [3.8, 4) is 0 Å². The smallest absolute Gasteiger partial charge is 0.408 e. The Balaban J connectivity index is 1.79. The first-order valence-electron chi connectivity index (χ1n) is 6.45. The van der Waals surface area contributed by atoms with E-state index in [1.165, 1.54) is 16.8 Å². The maximum absolute atomic E-state index is 12.5. The van der Waals surface area contributed by atoms with Gasteiger partial charge in [0, 0.05) is 18.5 Å². The highest BCUT2D eigenvalue weighted by Gasteiger charge is 2.22. The van der Waals surface area contributed by atoms with Crippen LogP contribution in [0.4, 0.5) is 5.95 Å². The van der Waals surface area contributed by atoms with Crippen LogP contribution in [0, 0.1) is 0 Å². The van der Waals surface area contributed by atoms with Crippen molar-refractivity contribution in [1.29, 1.82) is 0 Å². The Morgan fingerprint density at radius 1 is 1.33 bits per heavy atom. The minimum absolute atomic E-state index is 0.0643. The Bertz CT molecular complexity index is 1210. The van der Waals surface area contributed by atoms with E-state index < -0.39 is 15.8 Å². The molecule has 10 nitrogen and oxygen atoms in total. The van der Waals surface area contributed by atoms with Gasteiger partial charge in [-0.15, -0.1) is 5.10 Å². The molecule has 0 radical (unpaired) electrons. The van der Waals surface area contributed by atoms with Gasteiger partial charge in [0.15, 0.2) is 5.58 Å². The van der Waals surface area contributed by atoms with E-state index in [1.54, 1.807) is 12.3 Å². The van der Waals surface area contributed by atoms with Crippen LogP contribution >= 0.6 is 11.6 Å². The lowest BCUT2D eigenvalue weighted by Gasteiger charge is -2.06. The largest absolute Gasteiger partial charge is 0.417 e. The standard InChI is InChI=1S/C12H7ClN6O4S/c13-6-4-7-8(23-12(20)15-7)5-9(6)24(21,22)18-10-16-11-14-2-1-3-19(11)17-10/h1-5H,(H,15,20)(H,17,18). The van der Waals surface area contributed by atoms with Crippen molar-refractivity contribution < 1.29 is 12.8 Å². The lowest BCUT2D eigenvalue weighted by Crippen LogP contribution is -2.14. The molecule has 0 amide bonds. The average molecular weight is 367 g/mol. The molecule has 0 aliphatic heterocycles. The van der Waals surface area contributed by atoms with Crippen molar-refractivity contribution in [3.63, 3.8) is 0 Å². The van der Waals surface area contributed by atoms with Crippen LogP contribution in [0.2, 0.25) is 5.02 Å². The minimum atomic E-state index is -4.10. The van der Waals surface area contributed by atoms with Gasteiger partial charge in [0.2, 0.25) is 0 Å². The first kappa shape index (κ1) is 14.7. The monoisotopic (exact) mass is 366 g/mol. The minimum Gasteiger partial charge on any atom is -0.408 e. The molecule has 0 saturated carbocycles. The van der Waals surface area contributed by atoms with Crippen LogP contribution in [-0.2, 0) is 10.0 Å². The van der Waals surface area contributed by atoms with Gasteiger partial charge in [-0.2, -0.15) is 4.98 Å². The number of aromatic amines is 1. The lowest BCUT2D eigenvalue weighted by molar-refractivity contribution is 0.554. The molecule has 1 aromatic carbocycles. The molecule has 0 aliphatic rings. The van der Waals surface area contributed by atoms with Gasteiger partial charge >= 0.3 is 5.76 Å². The predicted octanol–water partition coefficient (Wildman–Crippen LogP) is 1.01. The number of anilines is 1. The van der Waals surface area contributed by atoms with Crippen molar-refractivity contribution in [2.24, 2.45) is 0 Å². The highest BCUT2D eigenvalue weighted by Crippen LogP contribution is 2.27. The van der Waals surface area contributed by atoms with Gasteiger partial charge in [-0.25, -0.2) is 27.4 Å². The van der Waals surface area contributed by atoms with Crippen LogP contribution in [0.5, 0.6) is 0 Å². The summed E-state index contributed by atoms with van der Waals surface area (Å²) in [6.45, 7) is 0. The third-order valence-corrected chi connectivity index (χ3v) is 4.90. The Labute approximate surface area is 138 Å². The van der Waals surface area contributed by atoms with Crippen LogP contribution in [0.25, 0.3) is 16.9 Å². The number of rotatable bonds is 3. The second-order valence-corrected chi connectivity index (χ2v) is 6.76. The molecular weight excluding hydrogens is 360 g/mol. The van der Waals surface area contributed by atoms with Crippen molar-refractivity contribution >= 4 is 44.4 Å². The summed E-state index contributed by atoms with van der Waals surface area (Å²) < 4.78 is 33.4. The Hall–Kier alpha value is -2.92. The summed E-state index contributed by atoms with van der Waals surface area (Å²) in [5.74, 6) is -0.648.